The van der Waals surface area contributed by atoms with Gasteiger partial charge in [-0.2, -0.15) is 5.26 Å². The largest absolute Gasteiger partial charge is 0.485 e. The molecule has 2 N–H and O–H groups in total. The summed E-state index contributed by atoms with van der Waals surface area (Å²) in [6, 6.07) is 5.55. The molecular formula is C22H29N3O5. The first-order chi connectivity index (χ1) is 14.1. The van der Waals surface area contributed by atoms with E-state index in [2.05, 4.69) is 11.4 Å². The number of piperidine rings is 1. The van der Waals surface area contributed by atoms with Crippen LogP contribution in [-0.2, 0) is 9.53 Å². The first-order valence-electron chi connectivity index (χ1n) is 10.3. The van der Waals surface area contributed by atoms with E-state index in [1.54, 1.807) is 45.9 Å². The van der Waals surface area contributed by atoms with E-state index in [1.807, 2.05) is 0 Å². The van der Waals surface area contributed by atoms with Crippen LogP contribution in [0, 0.1) is 11.3 Å². The summed E-state index contributed by atoms with van der Waals surface area (Å²) in [4.78, 5) is 27.2. The highest BCUT2D eigenvalue weighted by molar-refractivity contribution is 5.86. The van der Waals surface area contributed by atoms with Gasteiger partial charge in [-0.25, -0.2) is 4.79 Å². The first kappa shape index (κ1) is 21.9. The maximum atomic E-state index is 13.2. The number of likely N-dealkylation sites (tertiary alicyclic amines) is 1. The molecule has 0 aliphatic carbocycles. The van der Waals surface area contributed by atoms with E-state index in [0.717, 1.165) is 12.8 Å². The Hall–Kier alpha value is -2.79. The number of carbonyl (C=O) groups is 2. The van der Waals surface area contributed by atoms with Crippen molar-refractivity contribution in [3.8, 4) is 11.8 Å². The molecule has 2 aliphatic rings. The van der Waals surface area contributed by atoms with Crippen molar-refractivity contribution in [3.63, 3.8) is 0 Å². The van der Waals surface area contributed by atoms with Crippen molar-refractivity contribution in [3.05, 3.63) is 29.3 Å². The molecule has 1 unspecified atom stereocenters. The SMILES string of the molecule is CC(C)OC(=O)N1CCCCC1C(=O)N[C@@H]1c2cc(C#N)ccc2OC(C)(C)[C@H]1O. The van der Waals surface area contributed by atoms with E-state index in [-0.39, 0.29) is 12.0 Å². The number of hydrogen-bond donors (Lipinski definition) is 2. The van der Waals surface area contributed by atoms with Crippen LogP contribution in [0.15, 0.2) is 18.2 Å². The lowest BCUT2D eigenvalue weighted by molar-refractivity contribution is -0.131. The lowest BCUT2D eigenvalue weighted by Crippen LogP contribution is -2.57. The van der Waals surface area contributed by atoms with Crippen LogP contribution in [0.1, 0.15) is 64.1 Å². The van der Waals surface area contributed by atoms with Gasteiger partial charge in [0.05, 0.1) is 23.8 Å². The molecule has 2 aliphatic heterocycles. The van der Waals surface area contributed by atoms with Crippen molar-refractivity contribution in [2.75, 3.05) is 6.54 Å². The van der Waals surface area contributed by atoms with Gasteiger partial charge in [0.15, 0.2) is 0 Å². The highest BCUT2D eigenvalue weighted by Crippen LogP contribution is 2.40. The number of carbonyl (C=O) groups excluding carboxylic acids is 2. The molecule has 1 saturated heterocycles. The van der Waals surface area contributed by atoms with E-state index in [0.29, 0.717) is 29.8 Å². The third-order valence-electron chi connectivity index (χ3n) is 5.55. The summed E-state index contributed by atoms with van der Waals surface area (Å²) in [7, 11) is 0. The fourth-order valence-corrected chi connectivity index (χ4v) is 3.97. The second-order valence-corrected chi connectivity index (χ2v) is 8.64. The third kappa shape index (κ3) is 4.36. The number of nitrogens with one attached hydrogen (secondary N) is 1. The molecule has 3 rings (SSSR count). The minimum Gasteiger partial charge on any atom is -0.485 e. The molecule has 1 fully saturated rings. The van der Waals surface area contributed by atoms with Gasteiger partial charge in [0, 0.05) is 12.1 Å². The number of aliphatic hydroxyl groups excluding tert-OH is 1. The zero-order chi connectivity index (χ0) is 22.1. The van der Waals surface area contributed by atoms with Crippen LogP contribution in [0.25, 0.3) is 0 Å². The second-order valence-electron chi connectivity index (χ2n) is 8.64. The standard InChI is InChI=1S/C22H29N3O5/c1-13(2)29-21(28)25-10-6-5-7-16(25)20(27)24-18-15-11-14(12-23)8-9-17(15)30-22(3,4)19(18)26/h8-9,11,13,16,18-19,26H,5-7,10H2,1-4H3,(H,24,27)/t16?,18-,19+/m1/s1. The Morgan fingerprint density at radius 1 is 1.37 bits per heavy atom. The number of hydrogen-bond acceptors (Lipinski definition) is 6. The van der Waals surface area contributed by atoms with Gasteiger partial charge in [-0.1, -0.05) is 0 Å². The first-order valence-corrected chi connectivity index (χ1v) is 10.3. The van der Waals surface area contributed by atoms with Crippen LogP contribution in [0.4, 0.5) is 4.79 Å². The second kappa shape index (κ2) is 8.52. The van der Waals surface area contributed by atoms with Gasteiger partial charge in [-0.15, -0.1) is 0 Å². The van der Waals surface area contributed by atoms with Gasteiger partial charge < -0.3 is 19.9 Å². The Morgan fingerprint density at radius 2 is 2.10 bits per heavy atom. The highest BCUT2D eigenvalue weighted by atomic mass is 16.6. The molecule has 3 atom stereocenters. The average Bonchev–Trinajstić information content (AvgIpc) is 2.70. The summed E-state index contributed by atoms with van der Waals surface area (Å²) in [5.41, 5.74) is 0.00622. The quantitative estimate of drug-likeness (QED) is 0.785. The minimum atomic E-state index is -1.04. The summed E-state index contributed by atoms with van der Waals surface area (Å²) in [5, 5.41) is 23.1. The fraction of sp³-hybridized carbons (Fsp3) is 0.591. The maximum absolute atomic E-state index is 13.2. The molecule has 2 amide bonds. The van der Waals surface area contributed by atoms with Gasteiger partial charge >= 0.3 is 6.09 Å². The van der Waals surface area contributed by atoms with Gasteiger partial charge in [0.2, 0.25) is 5.91 Å². The zero-order valence-electron chi connectivity index (χ0n) is 17.8. The smallest absolute Gasteiger partial charge is 0.410 e. The lowest BCUT2D eigenvalue weighted by Gasteiger charge is -2.43. The Labute approximate surface area is 176 Å². The van der Waals surface area contributed by atoms with Crippen LogP contribution in [0.5, 0.6) is 5.75 Å². The maximum Gasteiger partial charge on any atom is 0.410 e. The zero-order valence-corrected chi connectivity index (χ0v) is 17.8. The molecular weight excluding hydrogens is 386 g/mol. The topological polar surface area (TPSA) is 112 Å². The molecule has 1 aromatic carbocycles. The lowest BCUT2D eigenvalue weighted by atomic mass is 9.85. The van der Waals surface area contributed by atoms with Crippen LogP contribution < -0.4 is 10.1 Å². The van der Waals surface area contributed by atoms with Crippen LogP contribution in [-0.4, -0.2) is 52.4 Å². The Morgan fingerprint density at radius 3 is 2.77 bits per heavy atom. The molecule has 0 aromatic heterocycles. The number of amides is 2. The monoisotopic (exact) mass is 415 g/mol. The van der Waals surface area contributed by atoms with Crippen LogP contribution in [0.3, 0.4) is 0 Å². The fourth-order valence-electron chi connectivity index (χ4n) is 3.97. The molecule has 0 bridgehead atoms. The van der Waals surface area contributed by atoms with Crippen molar-refractivity contribution in [2.24, 2.45) is 0 Å². The Kier molecular flexibility index (Phi) is 6.22. The number of ether oxygens (including phenoxy) is 2. The average molecular weight is 415 g/mol. The Bertz CT molecular complexity index is 861. The van der Waals surface area contributed by atoms with Crippen molar-refractivity contribution in [1.29, 1.82) is 5.26 Å². The van der Waals surface area contributed by atoms with E-state index in [9.17, 15) is 20.0 Å². The number of rotatable bonds is 3. The number of nitriles is 1. The molecule has 30 heavy (non-hydrogen) atoms. The number of fused-ring (bicyclic) bond motifs is 1. The molecule has 2 heterocycles. The molecule has 1 aromatic rings. The normalized spacial score (nSPS) is 25.0. The van der Waals surface area contributed by atoms with Crippen molar-refractivity contribution >= 4 is 12.0 Å². The van der Waals surface area contributed by atoms with Crippen LogP contribution in [0.2, 0.25) is 0 Å². The van der Waals surface area contributed by atoms with E-state index < -0.39 is 29.9 Å². The summed E-state index contributed by atoms with van der Waals surface area (Å²) in [6.45, 7) is 7.46. The molecule has 162 valence electrons. The molecule has 8 nitrogen and oxygen atoms in total. The summed E-state index contributed by atoms with van der Waals surface area (Å²) >= 11 is 0. The van der Waals surface area contributed by atoms with Crippen LogP contribution >= 0.6 is 0 Å². The van der Waals surface area contributed by atoms with Gasteiger partial charge in [-0.3, -0.25) is 9.69 Å². The molecule has 8 heteroatoms. The number of aliphatic hydroxyl groups is 1. The van der Waals surface area contributed by atoms with Gasteiger partial charge in [0.25, 0.3) is 0 Å². The van der Waals surface area contributed by atoms with E-state index in [4.69, 9.17) is 9.47 Å². The molecule has 0 saturated carbocycles. The molecule has 0 spiro atoms. The van der Waals surface area contributed by atoms with Crippen molar-refractivity contribution in [2.45, 2.75) is 76.9 Å². The number of benzene rings is 1. The van der Waals surface area contributed by atoms with Crippen molar-refractivity contribution < 1.29 is 24.2 Å². The summed E-state index contributed by atoms with van der Waals surface area (Å²) in [6.07, 6.45) is 0.316. The van der Waals surface area contributed by atoms with E-state index in [1.165, 1.54) is 4.90 Å². The third-order valence-corrected chi connectivity index (χ3v) is 5.55. The van der Waals surface area contributed by atoms with E-state index >= 15 is 0 Å². The molecule has 0 radical (unpaired) electrons. The number of nitrogens with zero attached hydrogens (tertiary/aromatic N) is 2. The minimum absolute atomic E-state index is 0.280. The summed E-state index contributed by atoms with van der Waals surface area (Å²) in [5.74, 6) is 0.153. The predicted octanol–water partition coefficient (Wildman–Crippen LogP) is 2.65. The highest BCUT2D eigenvalue weighted by Gasteiger charge is 2.45. The predicted molar refractivity (Wildman–Crippen MR) is 109 cm³/mol. The summed E-state index contributed by atoms with van der Waals surface area (Å²) < 4.78 is 11.2. The van der Waals surface area contributed by atoms with Gasteiger partial charge in [-0.05, 0) is 65.2 Å². The van der Waals surface area contributed by atoms with Gasteiger partial charge in [0.1, 0.15) is 23.5 Å². The van der Waals surface area contributed by atoms with Crippen molar-refractivity contribution in [1.82, 2.24) is 10.2 Å². The Balaban J connectivity index is 1.87.